The molecule has 2 aliphatic heterocycles. The first-order chi connectivity index (χ1) is 56.2. The van der Waals surface area contributed by atoms with Gasteiger partial charge in [0, 0.05) is 143 Å². The Balaban J connectivity index is 0.825. The first-order valence-electron chi connectivity index (χ1n) is 40.0. The Bertz CT molecular complexity index is 4510. The number of carboxylic acids is 5. The fraction of sp³-hybridized carbons (Fsp3) is 0.524. The Morgan fingerprint density at radius 1 is 0.513 bits per heavy atom. The standard InChI is InChI=1S/C84H116N8O25S2/c1-83(2)65-51-63(118(110,111)112)31-34-69(65)89(5)73(83)23-12-8-13-24-74-84(3,4)66-52-64(119(113,114)115)32-35-70(66)92(74)42-17-9-11-19-61(93)21-18-45-116-47-48-117-46-41-86-76(98)38-29-58-28-37-72(96)60(50-58)54-91(56-79(103)104)44-43-90(55-78(101)102)53-59-49-57(27-36-71(59)95)26-30-62(94)20-10-6-7-14-25-75(97)85-40-16-15-22-67(80(105)106)87-82(109)88-68(81(107)108)33-39-77(99)100/h8,12-13,23-24,27-28,31-32,34-37,49-52,67-68,74,95-96H,6-7,9-11,14-22,25-26,29-30,33,38-48,53-56H2,1-5H3,(H,85,97)(H,86,98)(H,99,100)(H,101,102)(H,103,104)(H,105,106)(H,107,108)(H2,87,88,109)(H,110,111,112)(H,113,114,115)/b12-8+,24-13+,73-23+. The van der Waals surface area contributed by atoms with Gasteiger partial charge in [-0.3, -0.25) is 52.5 Å². The highest BCUT2D eigenvalue weighted by atomic mass is 32.2. The molecule has 2 heterocycles. The Morgan fingerprint density at radius 3 is 1.58 bits per heavy atom. The largest absolute Gasteiger partial charge is 0.508 e. The maximum Gasteiger partial charge on any atom is 0.326 e. The summed E-state index contributed by atoms with van der Waals surface area (Å²) in [4.78, 5) is 128. The average Bonchev–Trinajstić information content (AvgIpc) is 1.59. The normalized spacial score (nSPS) is 15.1. The van der Waals surface area contributed by atoms with Gasteiger partial charge in [0.15, 0.2) is 0 Å². The smallest absolute Gasteiger partial charge is 0.326 e. The van der Waals surface area contributed by atoms with E-state index in [2.05, 4.69) is 32.2 Å². The number of likely N-dealkylation sites (N-methyl/N-ethyl adjacent to an activating group) is 1. The summed E-state index contributed by atoms with van der Waals surface area (Å²) in [5.41, 5.74) is 5.16. The average molecular weight is 1700 g/mol. The second-order valence-electron chi connectivity index (χ2n) is 31.0. The number of carbonyl (C=O) groups is 10. The second kappa shape index (κ2) is 47.6. The van der Waals surface area contributed by atoms with Gasteiger partial charge in [0.2, 0.25) is 11.8 Å². The van der Waals surface area contributed by atoms with Gasteiger partial charge in [0.25, 0.3) is 20.2 Å². The molecule has 0 saturated carbocycles. The van der Waals surface area contributed by atoms with Crippen molar-refractivity contribution >= 4 is 90.9 Å². The van der Waals surface area contributed by atoms with Crippen LogP contribution in [0.5, 0.6) is 11.5 Å². The zero-order valence-corrected chi connectivity index (χ0v) is 69.9. The van der Waals surface area contributed by atoms with Crippen LogP contribution in [-0.4, -0.2) is 228 Å². The number of aromatic hydroxyl groups is 2. The molecule has 35 heteroatoms. The molecule has 33 nitrogen and oxygen atoms in total. The molecule has 4 aromatic rings. The third kappa shape index (κ3) is 32.8. The molecule has 0 bridgehead atoms. The van der Waals surface area contributed by atoms with Crippen LogP contribution < -0.4 is 31.1 Å². The van der Waals surface area contributed by atoms with E-state index in [0.29, 0.717) is 113 Å². The van der Waals surface area contributed by atoms with Crippen LogP contribution in [0.1, 0.15) is 183 Å². The molecule has 2 aliphatic rings. The number of phenolic OH excluding ortho intramolecular Hbond substituents is 2. The maximum atomic E-state index is 12.9. The summed E-state index contributed by atoms with van der Waals surface area (Å²) in [6.07, 6.45) is 17.0. The molecule has 4 aromatic carbocycles. The molecule has 3 atom stereocenters. The number of nitrogens with zero attached hydrogens (tertiary/aromatic N) is 4. The number of Topliss-reactive ketones (excluding diaryl/α,β-unsaturated/α-hetero) is 2. The molecular weight excluding hydrogens is 1590 g/mol. The number of benzene rings is 4. The first-order valence-corrected chi connectivity index (χ1v) is 42.9. The SMILES string of the molecule is CN1/C(=C/C=C/C=C/C2N(CCCCCC(=O)CCCOCCOCCNC(=O)CCc3ccc(O)c(CN(CCN(CC(=O)O)Cc4cc(CCC(=O)CCCCCCC(=O)NCCCCC(NC(=O)NC(CCC(=O)O)C(=O)O)C(=O)O)ccc4O)CC(=O)O)c3)c3ccc(S(=O)(=O)O)cc3C2(C)C)C(C)(C)c2cc(S(=O)(=O)O)ccc21. The molecule has 654 valence electrons. The van der Waals surface area contributed by atoms with Crippen molar-refractivity contribution in [1.82, 2.24) is 31.1 Å². The Morgan fingerprint density at radius 2 is 1.02 bits per heavy atom. The molecule has 4 amide bonds. The number of urea groups is 1. The number of unbranched alkanes of at least 4 members (excludes halogenated alkanes) is 6. The first kappa shape index (κ1) is 97.7. The van der Waals surface area contributed by atoms with E-state index in [1.807, 2.05) is 63.9 Å². The van der Waals surface area contributed by atoms with Gasteiger partial charge in [-0.05, 0) is 147 Å². The van der Waals surface area contributed by atoms with Gasteiger partial charge < -0.3 is 76.3 Å². The molecule has 0 saturated heterocycles. The molecule has 0 radical (unpaired) electrons. The van der Waals surface area contributed by atoms with Gasteiger partial charge in [0.05, 0.1) is 48.7 Å². The fourth-order valence-electron chi connectivity index (χ4n) is 14.5. The number of ether oxygens (including phenoxy) is 2. The summed E-state index contributed by atoms with van der Waals surface area (Å²) >= 11 is 0. The van der Waals surface area contributed by atoms with Gasteiger partial charge in [-0.1, -0.05) is 95.5 Å². The van der Waals surface area contributed by atoms with Gasteiger partial charge in [-0.15, -0.1) is 0 Å². The van der Waals surface area contributed by atoms with Crippen LogP contribution in [-0.2, 0) is 110 Å². The van der Waals surface area contributed by atoms with Crippen LogP contribution in [0.15, 0.2) is 119 Å². The van der Waals surface area contributed by atoms with Crippen molar-refractivity contribution < 1.29 is 119 Å². The number of ketones is 2. The van der Waals surface area contributed by atoms with Gasteiger partial charge >= 0.3 is 35.9 Å². The number of allylic oxidation sites excluding steroid dienone is 5. The number of aryl methyl sites for hydroxylation is 2. The minimum Gasteiger partial charge on any atom is -0.508 e. The van der Waals surface area contributed by atoms with E-state index >= 15 is 0 Å². The molecule has 119 heavy (non-hydrogen) atoms. The monoisotopic (exact) mass is 1700 g/mol. The highest BCUT2D eigenvalue weighted by Gasteiger charge is 2.44. The van der Waals surface area contributed by atoms with Gasteiger partial charge in [-0.2, -0.15) is 16.8 Å². The van der Waals surface area contributed by atoms with Crippen molar-refractivity contribution in [2.45, 2.75) is 214 Å². The summed E-state index contributed by atoms with van der Waals surface area (Å²) in [6.45, 7) is 9.34. The number of nitrogens with one attached hydrogen (secondary N) is 4. The number of amides is 4. The number of hydrogen-bond acceptors (Lipinski definition) is 22. The molecule has 0 spiro atoms. The predicted molar refractivity (Wildman–Crippen MR) is 441 cm³/mol. The Hall–Kier alpha value is -10.1. The number of rotatable bonds is 57. The van der Waals surface area contributed by atoms with E-state index in [1.54, 1.807) is 36.4 Å². The van der Waals surface area contributed by atoms with E-state index in [9.17, 15) is 105 Å². The van der Waals surface area contributed by atoms with Crippen LogP contribution >= 0.6 is 0 Å². The van der Waals surface area contributed by atoms with Crippen molar-refractivity contribution in [2.24, 2.45) is 0 Å². The van der Waals surface area contributed by atoms with Gasteiger partial charge in [0.1, 0.15) is 35.1 Å². The number of hydrogen-bond donors (Lipinski definition) is 13. The number of phenols is 2. The van der Waals surface area contributed by atoms with Crippen LogP contribution in [0.25, 0.3) is 0 Å². The molecule has 0 fully saturated rings. The Labute approximate surface area is 694 Å². The number of carboxylic acid groups (broad SMARTS) is 5. The molecule has 6 rings (SSSR count). The lowest BCUT2D eigenvalue weighted by atomic mass is 9.80. The van der Waals surface area contributed by atoms with E-state index in [0.717, 1.165) is 46.6 Å². The summed E-state index contributed by atoms with van der Waals surface area (Å²) in [7, 11) is -6.97. The molecule has 13 N–H and O–H groups in total. The van der Waals surface area contributed by atoms with E-state index in [-0.39, 0.29) is 135 Å². The lowest BCUT2D eigenvalue weighted by Crippen LogP contribution is -2.51. The summed E-state index contributed by atoms with van der Waals surface area (Å²) in [6, 6.07) is 14.7. The lowest BCUT2D eigenvalue weighted by Gasteiger charge is -2.32. The third-order valence-electron chi connectivity index (χ3n) is 21.0. The van der Waals surface area contributed by atoms with Crippen LogP contribution in [0.4, 0.5) is 16.2 Å². The quantitative estimate of drug-likeness (QED) is 0.0111. The topological polar surface area (TPSA) is 501 Å². The maximum absolute atomic E-state index is 12.9. The summed E-state index contributed by atoms with van der Waals surface area (Å²) in [5, 5.41) is 78.9. The van der Waals surface area contributed by atoms with Gasteiger partial charge in [-0.25, -0.2) is 14.4 Å². The van der Waals surface area contributed by atoms with Crippen molar-refractivity contribution in [3.63, 3.8) is 0 Å². The zero-order chi connectivity index (χ0) is 87.6. The Kier molecular flexibility index (Phi) is 39.1. The minimum absolute atomic E-state index is 0.00833. The van der Waals surface area contributed by atoms with Crippen molar-refractivity contribution in [3.05, 3.63) is 142 Å². The van der Waals surface area contributed by atoms with E-state index in [4.69, 9.17) is 14.6 Å². The van der Waals surface area contributed by atoms with Crippen LogP contribution in [0.2, 0.25) is 0 Å². The van der Waals surface area contributed by atoms with Crippen molar-refractivity contribution in [2.75, 3.05) is 89.1 Å². The van der Waals surface area contributed by atoms with Crippen molar-refractivity contribution in [1.29, 1.82) is 0 Å². The summed E-state index contributed by atoms with van der Waals surface area (Å²) < 4.78 is 79.3. The van der Waals surface area contributed by atoms with E-state index < -0.39 is 105 Å². The number of fused-ring (bicyclic) bond motifs is 2. The molecular formula is C84H116N8O25S2. The van der Waals surface area contributed by atoms with Crippen LogP contribution in [0.3, 0.4) is 0 Å². The third-order valence-corrected chi connectivity index (χ3v) is 22.7. The highest BCUT2D eigenvalue weighted by molar-refractivity contribution is 7.86. The molecule has 0 aromatic heterocycles. The molecule has 3 unspecified atom stereocenters. The van der Waals surface area contributed by atoms with Crippen molar-refractivity contribution in [3.8, 4) is 11.5 Å². The number of carbonyl (C=O) groups excluding carboxylic acids is 5. The number of aliphatic carboxylic acids is 5. The molecule has 0 aliphatic carbocycles. The fourth-order valence-corrected chi connectivity index (χ4v) is 15.5. The number of anilines is 2. The minimum atomic E-state index is -4.47. The summed E-state index contributed by atoms with van der Waals surface area (Å²) in [5.74, 6) is -6.97. The highest BCUT2D eigenvalue weighted by Crippen LogP contribution is 2.49. The van der Waals surface area contributed by atoms with E-state index in [1.165, 1.54) is 46.2 Å². The van der Waals surface area contributed by atoms with Crippen LogP contribution in [0, 0.1) is 0 Å². The second-order valence-corrected chi connectivity index (χ2v) is 33.8. The lowest BCUT2D eigenvalue weighted by molar-refractivity contribution is -0.141. The zero-order valence-electron chi connectivity index (χ0n) is 68.3. The predicted octanol–water partition coefficient (Wildman–Crippen LogP) is 8.85.